The molecule has 0 bridgehead atoms. The minimum absolute atomic E-state index is 0. The number of hydrogen-bond acceptors (Lipinski definition) is 2. The van der Waals surface area contributed by atoms with E-state index in [1.165, 1.54) is 11.0 Å². The Kier molecular flexibility index (Phi) is 7.43. The van der Waals surface area contributed by atoms with Gasteiger partial charge in [0.25, 0.3) is 0 Å². The Hall–Kier alpha value is -0.650. The van der Waals surface area contributed by atoms with Crippen LogP contribution in [0, 0.1) is 5.82 Å². The number of rotatable bonds is 4. The average molecular weight is 340 g/mol. The van der Waals surface area contributed by atoms with Crippen LogP contribution < -0.4 is 5.73 Å². The Morgan fingerprint density at radius 3 is 2.72 bits per heavy atom. The number of hydrogen-bond donors (Lipinski definition) is 1. The van der Waals surface area contributed by atoms with Gasteiger partial charge in [-0.05, 0) is 25.1 Å². The Bertz CT molecular complexity index is 415. The minimum Gasteiger partial charge on any atom is -0.341 e. The zero-order valence-corrected chi connectivity index (χ0v) is 12.7. The maximum atomic E-state index is 13.5. The molecule has 1 amide bonds. The molecule has 1 unspecified atom stereocenters. The maximum absolute atomic E-state index is 13.5. The summed E-state index contributed by atoms with van der Waals surface area (Å²) >= 11 is 3.27. The summed E-state index contributed by atoms with van der Waals surface area (Å²) in [4.78, 5) is 13.1. The second-order valence-corrected chi connectivity index (χ2v) is 5.08. The van der Waals surface area contributed by atoms with E-state index >= 15 is 0 Å². The van der Waals surface area contributed by atoms with Crippen molar-refractivity contribution in [2.24, 2.45) is 5.73 Å². The number of carbonyl (C=O) groups is 1. The van der Waals surface area contributed by atoms with Crippen LogP contribution >= 0.6 is 28.3 Å². The summed E-state index contributed by atoms with van der Waals surface area (Å²) in [6.45, 7) is 2.02. The SMILES string of the molecule is CC(N)CC(=O)N(C)Cc1cc(Br)ccc1F.Cl. The highest BCUT2D eigenvalue weighted by molar-refractivity contribution is 9.10. The van der Waals surface area contributed by atoms with Gasteiger partial charge in [-0.3, -0.25) is 4.79 Å². The fourth-order valence-electron chi connectivity index (χ4n) is 1.44. The normalized spacial score (nSPS) is 11.6. The van der Waals surface area contributed by atoms with Gasteiger partial charge in [0.1, 0.15) is 5.82 Å². The standard InChI is InChI=1S/C12H16BrFN2O.ClH/c1-8(15)5-12(17)16(2)7-9-6-10(13)3-4-11(9)14;/h3-4,6,8H,5,7,15H2,1-2H3;1H. The molecule has 6 heteroatoms. The van der Waals surface area contributed by atoms with Crippen LogP contribution in [0.1, 0.15) is 18.9 Å². The average Bonchev–Trinajstić information content (AvgIpc) is 2.22. The van der Waals surface area contributed by atoms with Crippen molar-refractivity contribution in [1.29, 1.82) is 0 Å². The summed E-state index contributed by atoms with van der Waals surface area (Å²) in [5.41, 5.74) is 6.04. The van der Waals surface area contributed by atoms with Crippen LogP contribution in [0.25, 0.3) is 0 Å². The molecular formula is C12H17BrClFN2O. The lowest BCUT2D eigenvalue weighted by Crippen LogP contribution is -2.31. The molecule has 0 aromatic heterocycles. The van der Waals surface area contributed by atoms with Gasteiger partial charge in [0.05, 0.1) is 0 Å². The van der Waals surface area contributed by atoms with Gasteiger partial charge < -0.3 is 10.6 Å². The largest absolute Gasteiger partial charge is 0.341 e. The molecule has 3 nitrogen and oxygen atoms in total. The Morgan fingerprint density at radius 2 is 2.17 bits per heavy atom. The van der Waals surface area contributed by atoms with Crippen molar-refractivity contribution >= 4 is 34.2 Å². The van der Waals surface area contributed by atoms with Crippen molar-refractivity contribution in [2.75, 3.05) is 7.05 Å². The molecule has 102 valence electrons. The van der Waals surface area contributed by atoms with Gasteiger partial charge >= 0.3 is 0 Å². The first-order valence-electron chi connectivity index (χ1n) is 5.33. The van der Waals surface area contributed by atoms with Crippen LogP contribution in [0.15, 0.2) is 22.7 Å². The summed E-state index contributed by atoms with van der Waals surface area (Å²) in [6, 6.07) is 4.49. The number of carbonyl (C=O) groups excluding carboxylic acids is 1. The molecule has 0 saturated heterocycles. The predicted molar refractivity (Wildman–Crippen MR) is 76.1 cm³/mol. The van der Waals surface area contributed by atoms with E-state index in [2.05, 4.69) is 15.9 Å². The summed E-state index contributed by atoms with van der Waals surface area (Å²) in [6.07, 6.45) is 0.270. The third-order valence-corrected chi connectivity index (χ3v) is 2.83. The Morgan fingerprint density at radius 1 is 1.56 bits per heavy atom. The van der Waals surface area contributed by atoms with E-state index in [0.29, 0.717) is 5.56 Å². The molecule has 1 atom stereocenters. The molecule has 0 saturated carbocycles. The Labute approximate surface area is 121 Å². The predicted octanol–water partition coefficient (Wildman–Crippen LogP) is 2.71. The van der Waals surface area contributed by atoms with E-state index in [4.69, 9.17) is 5.73 Å². The monoisotopic (exact) mass is 338 g/mol. The molecule has 1 aromatic carbocycles. The fourth-order valence-corrected chi connectivity index (χ4v) is 1.85. The van der Waals surface area contributed by atoms with Crippen molar-refractivity contribution in [3.05, 3.63) is 34.1 Å². The first-order chi connectivity index (χ1) is 7.90. The van der Waals surface area contributed by atoms with E-state index in [-0.39, 0.29) is 43.1 Å². The van der Waals surface area contributed by atoms with E-state index < -0.39 is 0 Å². The van der Waals surface area contributed by atoms with Crippen molar-refractivity contribution in [2.45, 2.75) is 25.9 Å². The van der Waals surface area contributed by atoms with Crippen LogP contribution in [0.2, 0.25) is 0 Å². The second-order valence-electron chi connectivity index (χ2n) is 4.17. The summed E-state index contributed by atoms with van der Waals surface area (Å²) < 4.78 is 14.3. The summed E-state index contributed by atoms with van der Waals surface area (Å²) in [5.74, 6) is -0.395. The van der Waals surface area contributed by atoms with Crippen LogP contribution in [-0.4, -0.2) is 23.9 Å². The van der Waals surface area contributed by atoms with Crippen LogP contribution in [0.4, 0.5) is 4.39 Å². The molecule has 0 fully saturated rings. The number of halogens is 3. The lowest BCUT2D eigenvalue weighted by atomic mass is 10.2. The van der Waals surface area contributed by atoms with Crippen LogP contribution in [-0.2, 0) is 11.3 Å². The minimum atomic E-state index is -0.311. The van der Waals surface area contributed by atoms with Gasteiger partial charge in [-0.1, -0.05) is 15.9 Å². The molecular weight excluding hydrogens is 322 g/mol. The van der Waals surface area contributed by atoms with Crippen molar-refractivity contribution < 1.29 is 9.18 Å². The highest BCUT2D eigenvalue weighted by atomic mass is 79.9. The number of nitrogens with two attached hydrogens (primary N) is 1. The lowest BCUT2D eigenvalue weighted by molar-refractivity contribution is -0.130. The lowest BCUT2D eigenvalue weighted by Gasteiger charge is -2.18. The molecule has 0 aliphatic carbocycles. The Balaban J connectivity index is 0.00000289. The quantitative estimate of drug-likeness (QED) is 0.917. The molecule has 0 aliphatic heterocycles. The molecule has 0 spiro atoms. The topological polar surface area (TPSA) is 46.3 Å². The highest BCUT2D eigenvalue weighted by Crippen LogP contribution is 2.17. The third kappa shape index (κ3) is 5.33. The highest BCUT2D eigenvalue weighted by Gasteiger charge is 2.13. The molecule has 1 aromatic rings. The van der Waals surface area contributed by atoms with Crippen LogP contribution in [0.3, 0.4) is 0 Å². The second kappa shape index (κ2) is 7.71. The maximum Gasteiger partial charge on any atom is 0.224 e. The number of nitrogens with zero attached hydrogens (tertiary/aromatic N) is 1. The number of amides is 1. The zero-order chi connectivity index (χ0) is 13.0. The summed E-state index contributed by atoms with van der Waals surface area (Å²) in [7, 11) is 1.64. The third-order valence-electron chi connectivity index (χ3n) is 2.34. The van der Waals surface area contributed by atoms with E-state index in [0.717, 1.165) is 4.47 Å². The van der Waals surface area contributed by atoms with Gasteiger partial charge in [-0.25, -0.2) is 4.39 Å². The van der Waals surface area contributed by atoms with Crippen molar-refractivity contribution in [1.82, 2.24) is 4.90 Å². The van der Waals surface area contributed by atoms with E-state index in [9.17, 15) is 9.18 Å². The van der Waals surface area contributed by atoms with Gasteiger partial charge in [-0.15, -0.1) is 12.4 Å². The first-order valence-corrected chi connectivity index (χ1v) is 6.13. The number of benzene rings is 1. The van der Waals surface area contributed by atoms with Crippen LogP contribution in [0.5, 0.6) is 0 Å². The van der Waals surface area contributed by atoms with Gasteiger partial charge in [0, 0.05) is 36.1 Å². The molecule has 0 radical (unpaired) electrons. The molecule has 1 rings (SSSR count). The molecule has 2 N–H and O–H groups in total. The van der Waals surface area contributed by atoms with Gasteiger partial charge in [0.15, 0.2) is 0 Å². The van der Waals surface area contributed by atoms with E-state index in [1.54, 1.807) is 26.1 Å². The zero-order valence-electron chi connectivity index (χ0n) is 10.3. The van der Waals surface area contributed by atoms with Gasteiger partial charge in [-0.2, -0.15) is 0 Å². The molecule has 0 heterocycles. The molecule has 0 aliphatic rings. The van der Waals surface area contributed by atoms with Gasteiger partial charge in [0.2, 0.25) is 5.91 Å². The molecule has 18 heavy (non-hydrogen) atoms. The fraction of sp³-hybridized carbons (Fsp3) is 0.417. The van der Waals surface area contributed by atoms with Crippen molar-refractivity contribution in [3.8, 4) is 0 Å². The van der Waals surface area contributed by atoms with Crippen molar-refractivity contribution in [3.63, 3.8) is 0 Å². The van der Waals surface area contributed by atoms with E-state index in [1.807, 2.05) is 0 Å². The first kappa shape index (κ1) is 17.4. The summed E-state index contributed by atoms with van der Waals surface area (Å²) in [5, 5.41) is 0. The smallest absolute Gasteiger partial charge is 0.224 e.